The fourth-order valence-corrected chi connectivity index (χ4v) is 3.51. The zero-order valence-corrected chi connectivity index (χ0v) is 19.3. The van der Waals surface area contributed by atoms with E-state index in [2.05, 4.69) is 10.4 Å². The summed E-state index contributed by atoms with van der Waals surface area (Å²) in [5.41, 5.74) is 1.92. The highest BCUT2D eigenvalue weighted by molar-refractivity contribution is 6.42. The van der Waals surface area contributed by atoms with E-state index < -0.39 is 10.8 Å². The summed E-state index contributed by atoms with van der Waals surface area (Å²) >= 11 is 12.0. The maximum atomic E-state index is 12.5. The van der Waals surface area contributed by atoms with Gasteiger partial charge in [0.25, 0.3) is 11.6 Å². The molecule has 1 amide bonds. The highest BCUT2D eigenvalue weighted by Gasteiger charge is 2.14. The molecule has 174 valence electrons. The van der Waals surface area contributed by atoms with Gasteiger partial charge >= 0.3 is 0 Å². The molecular weight excluding hydrogens is 483 g/mol. The van der Waals surface area contributed by atoms with Crippen LogP contribution in [-0.4, -0.2) is 20.6 Å². The number of amides is 1. The molecule has 0 bridgehead atoms. The number of nitro benzene ring substituents is 1. The number of carbonyl (C=O) groups is 1. The van der Waals surface area contributed by atoms with Crippen LogP contribution in [0, 0.1) is 17.0 Å². The fourth-order valence-electron chi connectivity index (χ4n) is 3.19. The first-order valence-electron chi connectivity index (χ1n) is 10.0. The van der Waals surface area contributed by atoms with Gasteiger partial charge in [-0.1, -0.05) is 29.3 Å². The van der Waals surface area contributed by atoms with Crippen molar-refractivity contribution in [2.45, 2.75) is 20.1 Å². The average molecular weight is 501 g/mol. The van der Waals surface area contributed by atoms with Crippen LogP contribution in [0.15, 0.2) is 65.3 Å². The molecule has 0 spiro atoms. The number of rotatable bonds is 8. The molecule has 0 aliphatic carbocycles. The Morgan fingerprint density at radius 1 is 1.18 bits per heavy atom. The van der Waals surface area contributed by atoms with Gasteiger partial charge in [-0.15, -0.1) is 0 Å². The molecule has 0 saturated heterocycles. The Bertz CT molecular complexity index is 1370. The molecule has 11 heteroatoms. The fraction of sp³-hybridized carbons (Fsp3) is 0.130. The first-order chi connectivity index (χ1) is 16.3. The summed E-state index contributed by atoms with van der Waals surface area (Å²) in [6.07, 6.45) is 3.21. The second kappa shape index (κ2) is 9.98. The van der Waals surface area contributed by atoms with Gasteiger partial charge in [0.05, 0.1) is 33.4 Å². The topological polar surface area (TPSA) is 112 Å². The van der Waals surface area contributed by atoms with Crippen molar-refractivity contribution in [1.29, 1.82) is 0 Å². The van der Waals surface area contributed by atoms with Crippen LogP contribution in [0.5, 0.6) is 5.75 Å². The summed E-state index contributed by atoms with van der Waals surface area (Å²) < 4.78 is 12.8. The molecule has 2 heterocycles. The van der Waals surface area contributed by atoms with Crippen molar-refractivity contribution in [1.82, 2.24) is 9.78 Å². The van der Waals surface area contributed by atoms with E-state index in [9.17, 15) is 14.9 Å². The number of halogens is 2. The highest BCUT2D eigenvalue weighted by Crippen LogP contribution is 2.25. The first kappa shape index (κ1) is 23.3. The SMILES string of the molecule is Cc1cc(OCc2ccc(C(=O)Nc3cnn(Cc4ccc(Cl)c(Cl)c4)c3)o2)ccc1[N+](=O)[O-]. The first-order valence-corrected chi connectivity index (χ1v) is 10.8. The molecule has 34 heavy (non-hydrogen) atoms. The Balaban J connectivity index is 1.33. The van der Waals surface area contributed by atoms with Gasteiger partial charge in [-0.25, -0.2) is 0 Å². The van der Waals surface area contributed by atoms with E-state index in [1.54, 1.807) is 42.1 Å². The van der Waals surface area contributed by atoms with Crippen LogP contribution in [0.1, 0.15) is 27.4 Å². The van der Waals surface area contributed by atoms with Crippen molar-refractivity contribution in [2.75, 3.05) is 5.32 Å². The minimum atomic E-state index is -0.451. The number of nitrogens with one attached hydrogen (secondary N) is 1. The van der Waals surface area contributed by atoms with Crippen LogP contribution < -0.4 is 10.1 Å². The van der Waals surface area contributed by atoms with E-state index in [1.165, 1.54) is 24.4 Å². The average Bonchev–Trinajstić information content (AvgIpc) is 3.44. The molecule has 0 aliphatic heterocycles. The van der Waals surface area contributed by atoms with Crippen LogP contribution in [0.25, 0.3) is 0 Å². The molecule has 1 N–H and O–H groups in total. The third kappa shape index (κ3) is 5.56. The van der Waals surface area contributed by atoms with Crippen molar-refractivity contribution in [3.05, 3.63) is 104 Å². The lowest BCUT2D eigenvalue weighted by Crippen LogP contribution is -2.10. The number of hydrogen-bond acceptors (Lipinski definition) is 6. The lowest BCUT2D eigenvalue weighted by molar-refractivity contribution is -0.385. The molecule has 4 aromatic rings. The van der Waals surface area contributed by atoms with Gasteiger partial charge in [0.15, 0.2) is 5.76 Å². The van der Waals surface area contributed by atoms with Crippen molar-refractivity contribution < 1.29 is 18.9 Å². The molecule has 0 saturated carbocycles. The standard InChI is InChI=1S/C23H18Cl2N4O5/c1-14-8-17(3-6-21(14)29(31)32)33-13-18-4-7-22(34-18)23(30)27-16-10-26-28(12-16)11-15-2-5-19(24)20(25)9-15/h2-10,12H,11,13H2,1H3,(H,27,30). The van der Waals surface area contributed by atoms with Crippen molar-refractivity contribution in [2.24, 2.45) is 0 Å². The molecule has 2 aromatic heterocycles. The molecule has 4 rings (SSSR count). The van der Waals surface area contributed by atoms with Crippen LogP contribution >= 0.6 is 23.2 Å². The maximum absolute atomic E-state index is 12.5. The van der Waals surface area contributed by atoms with Gasteiger partial charge in [0, 0.05) is 17.8 Å². The number of carbonyl (C=O) groups excluding carboxylic acids is 1. The van der Waals surface area contributed by atoms with E-state index in [-0.39, 0.29) is 18.1 Å². The van der Waals surface area contributed by atoms with E-state index in [0.29, 0.717) is 39.4 Å². The number of aromatic nitrogens is 2. The third-order valence-electron chi connectivity index (χ3n) is 4.85. The summed E-state index contributed by atoms with van der Waals surface area (Å²) in [5, 5.41) is 18.8. The molecule has 0 fully saturated rings. The molecule has 0 aliphatic rings. The van der Waals surface area contributed by atoms with Gasteiger partial charge < -0.3 is 14.5 Å². The van der Waals surface area contributed by atoms with Gasteiger partial charge in [-0.3, -0.25) is 19.6 Å². The summed E-state index contributed by atoms with van der Waals surface area (Å²) in [4.78, 5) is 23.0. The second-order valence-corrected chi connectivity index (χ2v) is 8.20. The number of nitrogens with zero attached hydrogens (tertiary/aromatic N) is 3. The monoisotopic (exact) mass is 500 g/mol. The number of furan rings is 1. The number of nitro groups is 1. The van der Waals surface area contributed by atoms with E-state index in [4.69, 9.17) is 32.4 Å². The Kier molecular flexibility index (Phi) is 6.85. The van der Waals surface area contributed by atoms with Gasteiger partial charge in [-0.2, -0.15) is 5.10 Å². The van der Waals surface area contributed by atoms with Crippen molar-refractivity contribution in [3.8, 4) is 5.75 Å². The Hall–Kier alpha value is -3.82. The van der Waals surface area contributed by atoms with Crippen LogP contribution in [0.4, 0.5) is 11.4 Å². The van der Waals surface area contributed by atoms with Crippen molar-refractivity contribution >= 4 is 40.5 Å². The van der Waals surface area contributed by atoms with Crippen LogP contribution in [0.2, 0.25) is 10.0 Å². The molecule has 9 nitrogen and oxygen atoms in total. The number of aryl methyl sites for hydroxylation is 1. The second-order valence-electron chi connectivity index (χ2n) is 7.39. The predicted molar refractivity (Wildman–Crippen MR) is 127 cm³/mol. The predicted octanol–water partition coefficient (Wildman–Crippen LogP) is 5.88. The molecular formula is C23H18Cl2N4O5. The Morgan fingerprint density at radius 2 is 2.00 bits per heavy atom. The quantitative estimate of drug-likeness (QED) is 0.238. The Morgan fingerprint density at radius 3 is 2.74 bits per heavy atom. The molecule has 0 radical (unpaired) electrons. The normalized spacial score (nSPS) is 10.8. The minimum absolute atomic E-state index is 0.0181. The number of benzene rings is 2. The zero-order chi connectivity index (χ0) is 24.2. The molecule has 0 atom stereocenters. The number of hydrogen-bond donors (Lipinski definition) is 1. The van der Waals surface area contributed by atoms with E-state index in [0.717, 1.165) is 5.56 Å². The summed E-state index contributed by atoms with van der Waals surface area (Å²) in [5.74, 6) is 0.554. The van der Waals surface area contributed by atoms with E-state index >= 15 is 0 Å². The van der Waals surface area contributed by atoms with E-state index in [1.807, 2.05) is 6.07 Å². The number of ether oxygens (including phenoxy) is 1. The molecule has 2 aromatic carbocycles. The van der Waals surface area contributed by atoms with Crippen LogP contribution in [-0.2, 0) is 13.2 Å². The molecule has 0 unspecified atom stereocenters. The largest absolute Gasteiger partial charge is 0.486 e. The summed E-state index contributed by atoms with van der Waals surface area (Å²) in [6, 6.07) is 12.9. The summed E-state index contributed by atoms with van der Waals surface area (Å²) in [6.45, 7) is 2.15. The van der Waals surface area contributed by atoms with Crippen LogP contribution in [0.3, 0.4) is 0 Å². The smallest absolute Gasteiger partial charge is 0.291 e. The van der Waals surface area contributed by atoms with Gasteiger partial charge in [0.2, 0.25) is 0 Å². The lowest BCUT2D eigenvalue weighted by atomic mass is 10.2. The minimum Gasteiger partial charge on any atom is -0.486 e. The van der Waals surface area contributed by atoms with Crippen molar-refractivity contribution in [3.63, 3.8) is 0 Å². The van der Waals surface area contributed by atoms with Gasteiger partial charge in [0.1, 0.15) is 18.1 Å². The zero-order valence-electron chi connectivity index (χ0n) is 17.8. The highest BCUT2D eigenvalue weighted by atomic mass is 35.5. The van der Waals surface area contributed by atoms with Gasteiger partial charge in [-0.05, 0) is 48.9 Å². The lowest BCUT2D eigenvalue weighted by Gasteiger charge is -2.05. The Labute approximate surface area is 204 Å². The number of anilines is 1. The third-order valence-corrected chi connectivity index (χ3v) is 5.59. The summed E-state index contributed by atoms with van der Waals surface area (Å²) in [7, 11) is 0. The maximum Gasteiger partial charge on any atom is 0.291 e.